The van der Waals surface area contributed by atoms with Crippen molar-refractivity contribution in [2.75, 3.05) is 45.2 Å². The Morgan fingerprint density at radius 1 is 1.44 bits per heavy atom. The highest BCUT2D eigenvalue weighted by Crippen LogP contribution is 2.29. The Hall–Kier alpha value is -0.130. The molecule has 1 aliphatic rings. The first-order chi connectivity index (χ1) is 7.37. The highest BCUT2D eigenvalue weighted by atomic mass is 32.2. The van der Waals surface area contributed by atoms with Crippen molar-refractivity contribution in [3.63, 3.8) is 0 Å². The third-order valence-electron chi connectivity index (χ3n) is 3.53. The van der Waals surface area contributed by atoms with Gasteiger partial charge in [0.15, 0.2) is 0 Å². The Kier molecular flexibility index (Phi) is 4.76. The lowest BCUT2D eigenvalue weighted by Gasteiger charge is -2.31. The Labute approximate surface area is 99.3 Å². The maximum Gasteiger partial charge on any atom is 0.148 e. The lowest BCUT2D eigenvalue weighted by molar-refractivity contribution is 0.191. The van der Waals surface area contributed by atoms with Crippen molar-refractivity contribution in [1.29, 1.82) is 0 Å². The van der Waals surface area contributed by atoms with Crippen LogP contribution in [-0.4, -0.2) is 58.6 Å². The molecule has 0 aromatic rings. The standard InChI is InChI=1S/C11H24N2O2S/c1-4-11(5-6-12-9-11)10-13(2)7-8-16(3,14)15/h12H,4-10H2,1-3H3. The van der Waals surface area contributed by atoms with Gasteiger partial charge >= 0.3 is 0 Å². The van der Waals surface area contributed by atoms with Crippen LogP contribution in [0.1, 0.15) is 19.8 Å². The van der Waals surface area contributed by atoms with Crippen molar-refractivity contribution in [2.45, 2.75) is 19.8 Å². The van der Waals surface area contributed by atoms with E-state index < -0.39 is 9.84 Å². The van der Waals surface area contributed by atoms with Crippen molar-refractivity contribution in [3.05, 3.63) is 0 Å². The van der Waals surface area contributed by atoms with Gasteiger partial charge in [0.1, 0.15) is 9.84 Å². The number of nitrogens with zero attached hydrogens (tertiary/aromatic N) is 1. The molecule has 1 saturated heterocycles. The van der Waals surface area contributed by atoms with E-state index in [-0.39, 0.29) is 5.75 Å². The van der Waals surface area contributed by atoms with Gasteiger partial charge in [-0.2, -0.15) is 0 Å². The second kappa shape index (κ2) is 5.47. The zero-order chi connectivity index (χ0) is 12.2. The lowest BCUT2D eigenvalue weighted by atomic mass is 9.84. The van der Waals surface area contributed by atoms with Crippen LogP contribution in [0.15, 0.2) is 0 Å². The largest absolute Gasteiger partial charge is 0.316 e. The predicted molar refractivity (Wildman–Crippen MR) is 67.4 cm³/mol. The zero-order valence-corrected chi connectivity index (χ0v) is 11.4. The lowest BCUT2D eigenvalue weighted by Crippen LogP contribution is -2.38. The van der Waals surface area contributed by atoms with Gasteiger partial charge in [0.05, 0.1) is 5.75 Å². The van der Waals surface area contributed by atoms with Crippen molar-refractivity contribution in [3.8, 4) is 0 Å². The molecule has 0 spiro atoms. The van der Waals surface area contributed by atoms with Gasteiger partial charge in [0, 0.05) is 25.9 Å². The minimum Gasteiger partial charge on any atom is -0.316 e. The summed E-state index contributed by atoms with van der Waals surface area (Å²) in [7, 11) is -0.822. The van der Waals surface area contributed by atoms with E-state index >= 15 is 0 Å². The molecule has 0 aromatic heterocycles. The molecule has 1 fully saturated rings. The predicted octanol–water partition coefficient (Wildman–Crippen LogP) is 0.353. The Morgan fingerprint density at radius 2 is 2.12 bits per heavy atom. The van der Waals surface area contributed by atoms with Gasteiger partial charge in [-0.05, 0) is 31.8 Å². The van der Waals surface area contributed by atoms with Crippen LogP contribution in [0.3, 0.4) is 0 Å². The fourth-order valence-electron chi connectivity index (χ4n) is 2.32. The van der Waals surface area contributed by atoms with Crippen molar-refractivity contribution in [1.82, 2.24) is 10.2 Å². The summed E-state index contributed by atoms with van der Waals surface area (Å²) >= 11 is 0. The number of hydrogen-bond donors (Lipinski definition) is 1. The van der Waals surface area contributed by atoms with Crippen LogP contribution in [0.2, 0.25) is 0 Å². The molecule has 0 saturated carbocycles. The average Bonchev–Trinajstić information content (AvgIpc) is 2.63. The molecular formula is C11H24N2O2S. The van der Waals surface area contributed by atoms with Gasteiger partial charge in [-0.25, -0.2) is 8.42 Å². The highest BCUT2D eigenvalue weighted by Gasteiger charge is 2.32. The van der Waals surface area contributed by atoms with E-state index in [0.717, 1.165) is 26.1 Å². The van der Waals surface area contributed by atoms with E-state index in [1.807, 2.05) is 7.05 Å². The molecule has 1 N–H and O–H groups in total. The van der Waals surface area contributed by atoms with E-state index in [1.54, 1.807) is 0 Å². The number of hydrogen-bond acceptors (Lipinski definition) is 4. The molecule has 1 aliphatic heterocycles. The third kappa shape index (κ3) is 4.39. The Bertz CT molecular complexity index is 308. The van der Waals surface area contributed by atoms with E-state index in [4.69, 9.17) is 0 Å². The molecule has 16 heavy (non-hydrogen) atoms. The average molecular weight is 248 g/mol. The smallest absolute Gasteiger partial charge is 0.148 e. The first-order valence-electron chi connectivity index (χ1n) is 5.94. The number of nitrogens with one attached hydrogen (secondary N) is 1. The van der Waals surface area contributed by atoms with Crippen LogP contribution in [-0.2, 0) is 9.84 Å². The van der Waals surface area contributed by atoms with E-state index in [0.29, 0.717) is 12.0 Å². The van der Waals surface area contributed by atoms with Crippen LogP contribution in [0.5, 0.6) is 0 Å². The molecular weight excluding hydrogens is 224 g/mol. The van der Waals surface area contributed by atoms with Crippen molar-refractivity contribution in [2.24, 2.45) is 5.41 Å². The van der Waals surface area contributed by atoms with E-state index in [1.165, 1.54) is 12.7 Å². The maximum atomic E-state index is 11.1. The Balaban J connectivity index is 2.40. The second-order valence-electron chi connectivity index (χ2n) is 5.15. The Morgan fingerprint density at radius 3 is 2.56 bits per heavy atom. The summed E-state index contributed by atoms with van der Waals surface area (Å²) in [5.74, 6) is 0.261. The van der Waals surface area contributed by atoms with Crippen LogP contribution in [0.25, 0.3) is 0 Å². The molecule has 0 aromatic carbocycles. The fourth-order valence-corrected chi connectivity index (χ4v) is 2.96. The summed E-state index contributed by atoms with van der Waals surface area (Å²) in [5.41, 5.74) is 0.353. The van der Waals surface area contributed by atoms with Gasteiger partial charge in [-0.1, -0.05) is 6.92 Å². The molecule has 96 valence electrons. The molecule has 5 heteroatoms. The molecule has 0 amide bonds. The summed E-state index contributed by atoms with van der Waals surface area (Å²) in [6, 6.07) is 0. The second-order valence-corrected chi connectivity index (χ2v) is 7.41. The van der Waals surface area contributed by atoms with Gasteiger partial charge in [-0.15, -0.1) is 0 Å². The first kappa shape index (κ1) is 13.9. The number of sulfone groups is 1. The molecule has 4 nitrogen and oxygen atoms in total. The van der Waals surface area contributed by atoms with Crippen LogP contribution < -0.4 is 5.32 Å². The molecule has 1 unspecified atom stereocenters. The number of rotatable bonds is 6. The van der Waals surface area contributed by atoms with Crippen LogP contribution in [0, 0.1) is 5.41 Å². The summed E-state index contributed by atoms with van der Waals surface area (Å²) in [5, 5.41) is 3.40. The summed E-state index contributed by atoms with van der Waals surface area (Å²) < 4.78 is 22.2. The minimum absolute atomic E-state index is 0.261. The fraction of sp³-hybridized carbons (Fsp3) is 1.00. The van der Waals surface area contributed by atoms with Gasteiger partial charge < -0.3 is 10.2 Å². The topological polar surface area (TPSA) is 49.4 Å². The van der Waals surface area contributed by atoms with Crippen LogP contribution in [0.4, 0.5) is 0 Å². The normalized spacial score (nSPS) is 26.5. The SMILES string of the molecule is CCC1(CN(C)CCS(C)(=O)=O)CCNC1. The maximum absolute atomic E-state index is 11.1. The van der Waals surface area contributed by atoms with E-state index in [2.05, 4.69) is 17.1 Å². The van der Waals surface area contributed by atoms with Crippen molar-refractivity contribution >= 4 is 9.84 Å². The van der Waals surface area contributed by atoms with E-state index in [9.17, 15) is 8.42 Å². The molecule has 1 atom stereocenters. The highest BCUT2D eigenvalue weighted by molar-refractivity contribution is 7.90. The molecule has 0 bridgehead atoms. The molecule has 1 heterocycles. The summed E-state index contributed by atoms with van der Waals surface area (Å²) in [6.07, 6.45) is 3.66. The first-order valence-corrected chi connectivity index (χ1v) is 8.00. The third-order valence-corrected chi connectivity index (χ3v) is 4.46. The van der Waals surface area contributed by atoms with Crippen LogP contribution >= 0.6 is 0 Å². The van der Waals surface area contributed by atoms with Gasteiger partial charge in [-0.3, -0.25) is 0 Å². The summed E-state index contributed by atoms with van der Waals surface area (Å²) in [6.45, 7) is 6.00. The molecule has 0 radical (unpaired) electrons. The minimum atomic E-state index is -2.84. The van der Waals surface area contributed by atoms with Crippen molar-refractivity contribution < 1.29 is 8.42 Å². The zero-order valence-electron chi connectivity index (χ0n) is 10.6. The van der Waals surface area contributed by atoms with Gasteiger partial charge in [0.25, 0.3) is 0 Å². The molecule has 1 rings (SSSR count). The van der Waals surface area contributed by atoms with Gasteiger partial charge in [0.2, 0.25) is 0 Å². The molecule has 0 aliphatic carbocycles. The summed E-state index contributed by atoms with van der Waals surface area (Å²) in [4.78, 5) is 2.15. The quantitative estimate of drug-likeness (QED) is 0.737. The monoisotopic (exact) mass is 248 g/mol.